The van der Waals surface area contributed by atoms with Crippen molar-refractivity contribution >= 4 is 10.0 Å². The molecule has 1 aliphatic heterocycles. The zero-order valence-corrected chi connectivity index (χ0v) is 12.8. The normalized spacial score (nSPS) is 22.6. The first-order valence-electron chi connectivity index (χ1n) is 7.52. The second-order valence-electron chi connectivity index (χ2n) is 5.66. The standard InChI is InChI=1S/C13H27N3O2S/c1-2-16(12-13-4-3-5-13)19(17,18)11-10-15-8-6-14-7-9-15/h13-14H,2-12H2,1H3. The van der Waals surface area contributed by atoms with Gasteiger partial charge in [-0.3, -0.25) is 4.90 Å². The van der Waals surface area contributed by atoms with Crippen LogP contribution in [0.5, 0.6) is 0 Å². The predicted molar refractivity (Wildman–Crippen MR) is 77.7 cm³/mol. The molecule has 0 aromatic heterocycles. The fraction of sp³-hybridized carbons (Fsp3) is 1.00. The van der Waals surface area contributed by atoms with Crippen LogP contribution in [0.1, 0.15) is 26.2 Å². The third kappa shape index (κ3) is 4.41. The Balaban J connectivity index is 1.80. The summed E-state index contributed by atoms with van der Waals surface area (Å²) in [6.07, 6.45) is 3.66. The Morgan fingerprint density at radius 1 is 1.26 bits per heavy atom. The van der Waals surface area contributed by atoms with Crippen LogP contribution in [0.15, 0.2) is 0 Å². The van der Waals surface area contributed by atoms with Crippen molar-refractivity contribution in [2.45, 2.75) is 26.2 Å². The maximum Gasteiger partial charge on any atom is 0.215 e. The Kier molecular flexibility index (Phi) is 5.62. The molecule has 1 heterocycles. The van der Waals surface area contributed by atoms with E-state index in [0.717, 1.165) is 32.7 Å². The Hall–Kier alpha value is -0.170. The van der Waals surface area contributed by atoms with E-state index >= 15 is 0 Å². The Morgan fingerprint density at radius 2 is 1.95 bits per heavy atom. The van der Waals surface area contributed by atoms with Crippen LogP contribution in [0.4, 0.5) is 0 Å². The SMILES string of the molecule is CCN(CC1CCC1)S(=O)(=O)CCN1CCNCC1. The zero-order chi connectivity index (χ0) is 13.7. The molecule has 112 valence electrons. The van der Waals surface area contributed by atoms with Crippen LogP contribution in [0, 0.1) is 5.92 Å². The summed E-state index contributed by atoms with van der Waals surface area (Å²) in [5, 5.41) is 3.29. The van der Waals surface area contributed by atoms with Crippen molar-refractivity contribution in [2.75, 3.05) is 51.6 Å². The lowest BCUT2D eigenvalue weighted by molar-refractivity contribution is 0.241. The molecule has 0 amide bonds. The van der Waals surface area contributed by atoms with Gasteiger partial charge in [0.15, 0.2) is 0 Å². The van der Waals surface area contributed by atoms with Gasteiger partial charge in [0, 0.05) is 45.8 Å². The van der Waals surface area contributed by atoms with Crippen LogP contribution in [-0.2, 0) is 10.0 Å². The van der Waals surface area contributed by atoms with Crippen molar-refractivity contribution in [3.63, 3.8) is 0 Å². The lowest BCUT2D eigenvalue weighted by Gasteiger charge is -2.32. The van der Waals surface area contributed by atoms with E-state index in [9.17, 15) is 8.42 Å². The summed E-state index contributed by atoms with van der Waals surface area (Å²) < 4.78 is 26.4. The molecule has 0 atom stereocenters. The van der Waals surface area contributed by atoms with E-state index in [-0.39, 0.29) is 5.75 Å². The molecule has 0 aromatic rings. The smallest absolute Gasteiger partial charge is 0.215 e. The molecular formula is C13H27N3O2S. The van der Waals surface area contributed by atoms with Gasteiger partial charge in [-0.2, -0.15) is 0 Å². The van der Waals surface area contributed by atoms with Crippen LogP contribution >= 0.6 is 0 Å². The number of nitrogens with one attached hydrogen (secondary N) is 1. The van der Waals surface area contributed by atoms with E-state index in [4.69, 9.17) is 0 Å². The van der Waals surface area contributed by atoms with Gasteiger partial charge in [0.1, 0.15) is 0 Å². The molecule has 0 aromatic carbocycles. The number of hydrogen-bond donors (Lipinski definition) is 1. The minimum atomic E-state index is -3.07. The minimum absolute atomic E-state index is 0.271. The highest BCUT2D eigenvalue weighted by atomic mass is 32.2. The fourth-order valence-corrected chi connectivity index (χ4v) is 4.29. The van der Waals surface area contributed by atoms with Gasteiger partial charge in [-0.25, -0.2) is 12.7 Å². The number of nitrogens with zero attached hydrogens (tertiary/aromatic N) is 2. The number of sulfonamides is 1. The van der Waals surface area contributed by atoms with Crippen molar-refractivity contribution in [3.8, 4) is 0 Å². The molecule has 1 N–H and O–H groups in total. The Labute approximate surface area is 117 Å². The molecule has 0 unspecified atom stereocenters. The van der Waals surface area contributed by atoms with Crippen LogP contribution in [0.3, 0.4) is 0 Å². The minimum Gasteiger partial charge on any atom is -0.314 e. The van der Waals surface area contributed by atoms with E-state index in [1.54, 1.807) is 4.31 Å². The third-order valence-corrected chi connectivity index (χ3v) is 6.20. The summed E-state index contributed by atoms with van der Waals surface area (Å²) in [4.78, 5) is 2.24. The number of hydrogen-bond acceptors (Lipinski definition) is 4. The predicted octanol–water partition coefficient (Wildman–Crippen LogP) is 0.343. The molecule has 0 spiro atoms. The average molecular weight is 289 g/mol. The van der Waals surface area contributed by atoms with E-state index in [0.29, 0.717) is 19.0 Å². The first-order valence-corrected chi connectivity index (χ1v) is 9.13. The summed E-state index contributed by atoms with van der Waals surface area (Å²) in [6.45, 7) is 7.83. The summed E-state index contributed by atoms with van der Waals surface area (Å²) in [5.41, 5.74) is 0. The zero-order valence-electron chi connectivity index (χ0n) is 12.0. The molecule has 1 aliphatic carbocycles. The van der Waals surface area contributed by atoms with E-state index < -0.39 is 10.0 Å². The van der Waals surface area contributed by atoms with E-state index in [1.165, 1.54) is 19.3 Å². The monoisotopic (exact) mass is 289 g/mol. The summed E-state index contributed by atoms with van der Waals surface area (Å²) >= 11 is 0. The number of piperazine rings is 1. The molecule has 5 nitrogen and oxygen atoms in total. The molecule has 2 fully saturated rings. The second kappa shape index (κ2) is 7.02. The van der Waals surface area contributed by atoms with Gasteiger partial charge in [0.2, 0.25) is 10.0 Å². The quantitative estimate of drug-likeness (QED) is 0.734. The molecular weight excluding hydrogens is 262 g/mol. The highest BCUT2D eigenvalue weighted by Crippen LogP contribution is 2.27. The maximum absolute atomic E-state index is 12.4. The molecule has 1 saturated carbocycles. The average Bonchev–Trinajstić information content (AvgIpc) is 2.36. The van der Waals surface area contributed by atoms with Gasteiger partial charge < -0.3 is 5.32 Å². The Morgan fingerprint density at radius 3 is 2.47 bits per heavy atom. The van der Waals surface area contributed by atoms with Crippen LogP contribution in [0.25, 0.3) is 0 Å². The van der Waals surface area contributed by atoms with Gasteiger partial charge >= 0.3 is 0 Å². The molecule has 0 bridgehead atoms. The van der Waals surface area contributed by atoms with Crippen molar-refractivity contribution in [1.82, 2.24) is 14.5 Å². The van der Waals surface area contributed by atoms with Crippen LogP contribution in [-0.4, -0.2) is 69.2 Å². The number of rotatable bonds is 7. The third-order valence-electron chi connectivity index (χ3n) is 4.31. The first kappa shape index (κ1) is 15.2. The fourth-order valence-electron chi connectivity index (χ4n) is 2.71. The van der Waals surface area contributed by atoms with Crippen molar-refractivity contribution < 1.29 is 8.42 Å². The molecule has 2 rings (SSSR count). The van der Waals surface area contributed by atoms with Gasteiger partial charge in [-0.15, -0.1) is 0 Å². The Bertz CT molecular complexity index is 362. The lowest BCUT2D eigenvalue weighted by atomic mass is 9.85. The molecule has 6 heteroatoms. The van der Waals surface area contributed by atoms with Gasteiger partial charge in [0.25, 0.3) is 0 Å². The lowest BCUT2D eigenvalue weighted by Crippen LogP contribution is -2.47. The van der Waals surface area contributed by atoms with Gasteiger partial charge in [0.05, 0.1) is 5.75 Å². The van der Waals surface area contributed by atoms with Crippen molar-refractivity contribution in [1.29, 1.82) is 0 Å². The van der Waals surface area contributed by atoms with Crippen LogP contribution < -0.4 is 5.32 Å². The van der Waals surface area contributed by atoms with Crippen molar-refractivity contribution in [3.05, 3.63) is 0 Å². The molecule has 1 saturated heterocycles. The van der Waals surface area contributed by atoms with E-state index in [1.807, 2.05) is 6.92 Å². The summed E-state index contributed by atoms with van der Waals surface area (Å²) in [5.74, 6) is 0.877. The van der Waals surface area contributed by atoms with Crippen LogP contribution in [0.2, 0.25) is 0 Å². The second-order valence-corrected chi connectivity index (χ2v) is 7.74. The molecule has 19 heavy (non-hydrogen) atoms. The first-order chi connectivity index (χ1) is 9.12. The highest BCUT2D eigenvalue weighted by Gasteiger charge is 2.27. The molecule has 2 aliphatic rings. The summed E-state index contributed by atoms with van der Waals surface area (Å²) in [7, 11) is -3.07. The van der Waals surface area contributed by atoms with Gasteiger partial charge in [-0.05, 0) is 18.8 Å². The topological polar surface area (TPSA) is 52.7 Å². The van der Waals surface area contributed by atoms with Crippen molar-refractivity contribution in [2.24, 2.45) is 5.92 Å². The van der Waals surface area contributed by atoms with Gasteiger partial charge in [-0.1, -0.05) is 13.3 Å². The largest absolute Gasteiger partial charge is 0.314 e. The maximum atomic E-state index is 12.4. The highest BCUT2D eigenvalue weighted by molar-refractivity contribution is 7.89. The van der Waals surface area contributed by atoms with E-state index in [2.05, 4.69) is 10.2 Å². The summed E-state index contributed by atoms with van der Waals surface area (Å²) in [6, 6.07) is 0. The molecule has 0 radical (unpaired) electrons.